The summed E-state index contributed by atoms with van der Waals surface area (Å²) in [5, 5.41) is 8.48. The number of hydrogen-bond donors (Lipinski definition) is 1. The Kier molecular flexibility index (Phi) is 17.8. The maximum Gasteiger partial charge on any atom is 0.303 e. The van der Waals surface area contributed by atoms with Gasteiger partial charge < -0.3 is 5.11 Å². The minimum atomic E-state index is -0.759. The van der Waals surface area contributed by atoms with Gasteiger partial charge in [0.15, 0.2) is 0 Å². The SMILES string of the molecule is CCCCCCCC/C=C\C/C=C\CC=C=C/C=C\CCC(=O)O. The Bertz CT molecular complexity index is 435. The largest absolute Gasteiger partial charge is 0.481 e. The molecule has 0 spiro atoms. The Hall–Kier alpha value is -1.79. The molecule has 0 saturated carbocycles. The van der Waals surface area contributed by atoms with E-state index in [1.54, 1.807) is 0 Å². The minimum absolute atomic E-state index is 0.184. The molecule has 0 radical (unpaired) electrons. The molecule has 2 heteroatoms. The van der Waals surface area contributed by atoms with Crippen molar-refractivity contribution in [3.8, 4) is 0 Å². The molecule has 1 N–H and O–H groups in total. The molecule has 24 heavy (non-hydrogen) atoms. The van der Waals surface area contributed by atoms with Crippen molar-refractivity contribution in [3.63, 3.8) is 0 Å². The van der Waals surface area contributed by atoms with E-state index in [0.717, 1.165) is 12.8 Å². The normalized spacial score (nSPS) is 11.4. The lowest BCUT2D eigenvalue weighted by Gasteiger charge is -1.97. The van der Waals surface area contributed by atoms with Gasteiger partial charge in [-0.2, -0.15) is 0 Å². The van der Waals surface area contributed by atoms with Crippen LogP contribution in [0.15, 0.2) is 54.3 Å². The fourth-order valence-corrected chi connectivity index (χ4v) is 2.16. The third-order valence-electron chi connectivity index (χ3n) is 3.56. The summed E-state index contributed by atoms with van der Waals surface area (Å²) in [7, 11) is 0. The predicted molar refractivity (Wildman–Crippen MR) is 104 cm³/mol. The van der Waals surface area contributed by atoms with Crippen LogP contribution in [0, 0.1) is 0 Å². The summed E-state index contributed by atoms with van der Waals surface area (Å²) in [5.41, 5.74) is 3.06. The number of carboxylic acid groups (broad SMARTS) is 1. The van der Waals surface area contributed by atoms with E-state index in [1.165, 1.54) is 44.9 Å². The number of aliphatic carboxylic acids is 1. The molecule has 134 valence electrons. The van der Waals surface area contributed by atoms with Crippen LogP contribution in [0.2, 0.25) is 0 Å². The van der Waals surface area contributed by atoms with Gasteiger partial charge in [0.05, 0.1) is 0 Å². The van der Waals surface area contributed by atoms with Crippen LogP contribution in [-0.4, -0.2) is 11.1 Å². The maximum atomic E-state index is 10.3. The van der Waals surface area contributed by atoms with Gasteiger partial charge in [-0.1, -0.05) is 75.5 Å². The molecule has 0 bridgehead atoms. The number of unbranched alkanes of at least 4 members (excludes halogenated alkanes) is 6. The second kappa shape index (κ2) is 19.3. The smallest absolute Gasteiger partial charge is 0.303 e. The molecular weight excluding hydrogens is 296 g/mol. The van der Waals surface area contributed by atoms with Crippen molar-refractivity contribution in [1.29, 1.82) is 0 Å². The Balaban J connectivity index is 3.49. The Morgan fingerprint density at radius 1 is 0.875 bits per heavy atom. The monoisotopic (exact) mass is 330 g/mol. The molecule has 0 aromatic heterocycles. The van der Waals surface area contributed by atoms with Gasteiger partial charge in [-0.15, -0.1) is 5.73 Å². The van der Waals surface area contributed by atoms with Crippen molar-refractivity contribution < 1.29 is 9.90 Å². The number of hydrogen-bond acceptors (Lipinski definition) is 1. The molecule has 2 nitrogen and oxygen atoms in total. The van der Waals surface area contributed by atoms with Gasteiger partial charge in [-0.3, -0.25) is 4.79 Å². The Labute approximate surface area is 148 Å². The molecule has 0 aliphatic carbocycles. The van der Waals surface area contributed by atoms with Gasteiger partial charge in [0.25, 0.3) is 0 Å². The molecular formula is C22H34O2. The highest BCUT2D eigenvalue weighted by Crippen LogP contribution is 2.07. The molecule has 0 fully saturated rings. The van der Waals surface area contributed by atoms with Gasteiger partial charge in [-0.25, -0.2) is 0 Å². The van der Waals surface area contributed by atoms with Crippen molar-refractivity contribution in [1.82, 2.24) is 0 Å². The number of allylic oxidation sites excluding steroid dienone is 7. The van der Waals surface area contributed by atoms with E-state index in [0.29, 0.717) is 6.42 Å². The standard InChI is InChI=1S/C22H34O2/c1-2-3-4-5-6-7-8-9-10-11-12-13-14-15-16-17-18-19-20-21-22(23)24/h9-10,12-13,15,17-19H,2-8,11,14,20-21H2,1H3,(H,23,24)/b10-9-,13-12-,19-18-. The topological polar surface area (TPSA) is 37.3 Å². The zero-order valence-corrected chi connectivity index (χ0v) is 15.3. The third kappa shape index (κ3) is 20.2. The first-order valence-corrected chi connectivity index (χ1v) is 9.35. The zero-order valence-electron chi connectivity index (χ0n) is 15.3. The van der Waals surface area contributed by atoms with Crippen LogP contribution in [0.3, 0.4) is 0 Å². The van der Waals surface area contributed by atoms with Crippen LogP contribution in [-0.2, 0) is 4.79 Å². The lowest BCUT2D eigenvalue weighted by atomic mass is 10.1. The molecule has 0 atom stereocenters. The first-order valence-electron chi connectivity index (χ1n) is 9.35. The van der Waals surface area contributed by atoms with E-state index in [4.69, 9.17) is 5.11 Å². The molecule has 0 rings (SSSR count). The average molecular weight is 331 g/mol. The molecule has 0 unspecified atom stereocenters. The van der Waals surface area contributed by atoms with Gasteiger partial charge in [-0.05, 0) is 44.3 Å². The van der Waals surface area contributed by atoms with Gasteiger partial charge in [0, 0.05) is 6.42 Å². The number of carbonyl (C=O) groups is 1. The van der Waals surface area contributed by atoms with Crippen LogP contribution >= 0.6 is 0 Å². The Morgan fingerprint density at radius 2 is 1.58 bits per heavy atom. The van der Waals surface area contributed by atoms with Gasteiger partial charge >= 0.3 is 5.97 Å². The highest BCUT2D eigenvalue weighted by molar-refractivity contribution is 5.66. The van der Waals surface area contributed by atoms with E-state index in [9.17, 15) is 4.79 Å². The third-order valence-corrected chi connectivity index (χ3v) is 3.56. The van der Waals surface area contributed by atoms with Gasteiger partial charge in [0.2, 0.25) is 0 Å². The van der Waals surface area contributed by atoms with E-state index < -0.39 is 5.97 Å². The van der Waals surface area contributed by atoms with Crippen molar-refractivity contribution in [2.24, 2.45) is 0 Å². The summed E-state index contributed by atoms with van der Waals surface area (Å²) in [6.07, 6.45) is 28.3. The van der Waals surface area contributed by atoms with Crippen LogP contribution in [0.5, 0.6) is 0 Å². The summed E-state index contributed by atoms with van der Waals surface area (Å²) >= 11 is 0. The molecule has 0 aliphatic rings. The average Bonchev–Trinajstić information content (AvgIpc) is 2.56. The number of carboxylic acids is 1. The minimum Gasteiger partial charge on any atom is -0.481 e. The molecule has 0 aromatic rings. The van der Waals surface area contributed by atoms with Crippen molar-refractivity contribution in [2.45, 2.75) is 77.6 Å². The summed E-state index contributed by atoms with van der Waals surface area (Å²) in [5.74, 6) is -0.759. The van der Waals surface area contributed by atoms with Gasteiger partial charge in [0.1, 0.15) is 0 Å². The quantitative estimate of drug-likeness (QED) is 0.156. The van der Waals surface area contributed by atoms with E-state index in [-0.39, 0.29) is 6.42 Å². The highest BCUT2D eigenvalue weighted by Gasteiger charge is 1.90. The molecule has 0 aromatic carbocycles. The van der Waals surface area contributed by atoms with Crippen LogP contribution in [0.1, 0.15) is 77.6 Å². The molecule has 0 aliphatic heterocycles. The lowest BCUT2D eigenvalue weighted by Crippen LogP contribution is -1.91. The van der Waals surface area contributed by atoms with E-state index in [2.05, 4.69) is 37.0 Å². The predicted octanol–water partition coefficient (Wildman–Crippen LogP) is 6.76. The first-order chi connectivity index (χ1) is 11.8. The molecule has 0 heterocycles. The summed E-state index contributed by atoms with van der Waals surface area (Å²) in [6.45, 7) is 2.25. The summed E-state index contributed by atoms with van der Waals surface area (Å²) in [6, 6.07) is 0. The zero-order chi connectivity index (χ0) is 17.7. The first kappa shape index (κ1) is 22.2. The molecule has 0 amide bonds. The van der Waals surface area contributed by atoms with Crippen molar-refractivity contribution in [2.75, 3.05) is 0 Å². The van der Waals surface area contributed by atoms with E-state index >= 15 is 0 Å². The number of rotatable bonds is 15. The lowest BCUT2D eigenvalue weighted by molar-refractivity contribution is -0.136. The second-order valence-corrected chi connectivity index (χ2v) is 5.87. The summed E-state index contributed by atoms with van der Waals surface area (Å²) < 4.78 is 0. The highest BCUT2D eigenvalue weighted by atomic mass is 16.4. The van der Waals surface area contributed by atoms with Crippen molar-refractivity contribution in [3.05, 3.63) is 54.3 Å². The fourth-order valence-electron chi connectivity index (χ4n) is 2.16. The second-order valence-electron chi connectivity index (χ2n) is 5.87. The van der Waals surface area contributed by atoms with Crippen LogP contribution in [0.25, 0.3) is 0 Å². The van der Waals surface area contributed by atoms with Crippen LogP contribution < -0.4 is 0 Å². The fraction of sp³-hybridized carbons (Fsp3) is 0.545. The van der Waals surface area contributed by atoms with Crippen LogP contribution in [0.4, 0.5) is 0 Å². The Morgan fingerprint density at radius 3 is 2.38 bits per heavy atom. The summed E-state index contributed by atoms with van der Waals surface area (Å²) in [4.78, 5) is 10.3. The maximum absolute atomic E-state index is 10.3. The van der Waals surface area contributed by atoms with E-state index in [1.807, 2.05) is 24.3 Å². The van der Waals surface area contributed by atoms with Crippen molar-refractivity contribution >= 4 is 5.97 Å². The molecule has 0 saturated heterocycles.